The number of hydrogen-bond donors (Lipinski definition) is 2. The van der Waals surface area contributed by atoms with Crippen LogP contribution in [0.15, 0.2) is 33.7 Å². The highest BCUT2D eigenvalue weighted by Crippen LogP contribution is 2.31. The number of carbonyl (C=O) groups is 2. The van der Waals surface area contributed by atoms with Crippen molar-refractivity contribution >= 4 is 11.7 Å². The summed E-state index contributed by atoms with van der Waals surface area (Å²) in [5, 5.41) is 2.67. The minimum atomic E-state index is -0.477. The summed E-state index contributed by atoms with van der Waals surface area (Å²) in [6.45, 7) is 3.62. The van der Waals surface area contributed by atoms with Gasteiger partial charge in [-0.3, -0.25) is 14.4 Å². The van der Waals surface area contributed by atoms with Gasteiger partial charge in [-0.25, -0.2) is 0 Å². The number of fused-ring (bicyclic) bond motifs is 1. The van der Waals surface area contributed by atoms with Crippen LogP contribution in [0.4, 0.5) is 0 Å². The zero-order chi connectivity index (χ0) is 16.6. The number of furan rings is 1. The van der Waals surface area contributed by atoms with Gasteiger partial charge in [0.1, 0.15) is 11.3 Å². The number of rotatable bonds is 3. The first-order valence-corrected chi connectivity index (χ1v) is 7.59. The summed E-state index contributed by atoms with van der Waals surface area (Å²) in [5.74, 6) is 0.0787. The Morgan fingerprint density at radius 2 is 2.13 bits per heavy atom. The Morgan fingerprint density at radius 1 is 1.35 bits per heavy atom. The molecule has 1 atom stereocenters. The Hall–Kier alpha value is -2.63. The molecule has 1 aliphatic rings. The van der Waals surface area contributed by atoms with E-state index in [9.17, 15) is 14.4 Å². The van der Waals surface area contributed by atoms with Crippen LogP contribution < -0.4 is 10.9 Å². The Labute approximate surface area is 132 Å². The minimum Gasteiger partial charge on any atom is -0.469 e. The van der Waals surface area contributed by atoms with Crippen molar-refractivity contribution in [2.75, 3.05) is 0 Å². The number of H-pyrrole nitrogens is 1. The zero-order valence-corrected chi connectivity index (χ0v) is 13.0. The van der Waals surface area contributed by atoms with E-state index in [1.807, 2.05) is 19.9 Å². The number of nitrogens with one attached hydrogen (secondary N) is 2. The molecule has 3 rings (SSSR count). The number of aromatic nitrogens is 1. The Morgan fingerprint density at radius 3 is 2.78 bits per heavy atom. The smallest absolute Gasteiger partial charge is 0.261 e. The van der Waals surface area contributed by atoms with Gasteiger partial charge >= 0.3 is 0 Å². The molecule has 0 bridgehead atoms. The second-order valence-electron chi connectivity index (χ2n) is 6.08. The van der Waals surface area contributed by atoms with Crippen molar-refractivity contribution in [3.63, 3.8) is 0 Å². The van der Waals surface area contributed by atoms with Crippen LogP contribution in [-0.4, -0.2) is 22.7 Å². The number of aromatic amines is 1. The molecule has 1 amide bonds. The summed E-state index contributed by atoms with van der Waals surface area (Å²) >= 11 is 0. The maximum atomic E-state index is 12.4. The second kappa shape index (κ2) is 5.87. The SMILES string of the molecule is CC(C)NC(=O)c1cc2c([nH]c1=O)C[C@H](c1ccco1)CC2=O. The fourth-order valence-electron chi connectivity index (χ4n) is 2.86. The molecule has 23 heavy (non-hydrogen) atoms. The molecular formula is C17H18N2O4. The van der Waals surface area contributed by atoms with Gasteiger partial charge in [0, 0.05) is 29.6 Å². The van der Waals surface area contributed by atoms with Crippen LogP contribution in [-0.2, 0) is 6.42 Å². The molecule has 6 nitrogen and oxygen atoms in total. The quantitative estimate of drug-likeness (QED) is 0.906. The van der Waals surface area contributed by atoms with Gasteiger partial charge in [-0.05, 0) is 38.5 Å². The molecule has 0 saturated carbocycles. The largest absolute Gasteiger partial charge is 0.469 e. The van der Waals surface area contributed by atoms with Crippen molar-refractivity contribution in [1.29, 1.82) is 0 Å². The van der Waals surface area contributed by atoms with Crippen LogP contribution >= 0.6 is 0 Å². The van der Waals surface area contributed by atoms with Crippen molar-refractivity contribution in [1.82, 2.24) is 10.3 Å². The van der Waals surface area contributed by atoms with E-state index >= 15 is 0 Å². The van der Waals surface area contributed by atoms with E-state index in [1.165, 1.54) is 6.07 Å². The molecule has 6 heteroatoms. The Balaban J connectivity index is 1.96. The summed E-state index contributed by atoms with van der Waals surface area (Å²) < 4.78 is 5.36. The molecular weight excluding hydrogens is 296 g/mol. The average Bonchev–Trinajstić information content (AvgIpc) is 2.99. The van der Waals surface area contributed by atoms with E-state index in [0.29, 0.717) is 24.1 Å². The first kappa shape index (κ1) is 15.3. The summed E-state index contributed by atoms with van der Waals surface area (Å²) in [7, 11) is 0. The van der Waals surface area contributed by atoms with Crippen LogP contribution in [0.2, 0.25) is 0 Å². The molecule has 2 aromatic heterocycles. The van der Waals surface area contributed by atoms with E-state index in [0.717, 1.165) is 5.76 Å². The molecule has 0 radical (unpaired) electrons. The molecule has 0 fully saturated rings. The fourth-order valence-corrected chi connectivity index (χ4v) is 2.86. The molecule has 0 spiro atoms. The lowest BCUT2D eigenvalue weighted by Gasteiger charge is -2.22. The predicted octanol–water partition coefficient (Wildman–Crippen LogP) is 2.02. The number of amides is 1. The highest BCUT2D eigenvalue weighted by atomic mass is 16.3. The highest BCUT2D eigenvalue weighted by Gasteiger charge is 2.30. The van der Waals surface area contributed by atoms with Crippen molar-refractivity contribution < 1.29 is 14.0 Å². The van der Waals surface area contributed by atoms with E-state index in [2.05, 4.69) is 10.3 Å². The van der Waals surface area contributed by atoms with E-state index < -0.39 is 11.5 Å². The summed E-state index contributed by atoms with van der Waals surface area (Å²) in [5.41, 5.74) is 0.479. The number of pyridine rings is 1. The molecule has 0 aromatic carbocycles. The summed E-state index contributed by atoms with van der Waals surface area (Å²) in [6, 6.07) is 4.92. The van der Waals surface area contributed by atoms with Crippen LogP contribution in [0.3, 0.4) is 0 Å². The maximum Gasteiger partial charge on any atom is 0.261 e. The van der Waals surface area contributed by atoms with Gasteiger partial charge in [0.25, 0.3) is 11.5 Å². The first-order valence-electron chi connectivity index (χ1n) is 7.59. The molecule has 0 unspecified atom stereocenters. The number of carbonyl (C=O) groups excluding carboxylic acids is 2. The molecule has 0 saturated heterocycles. The number of ketones is 1. The second-order valence-corrected chi connectivity index (χ2v) is 6.08. The van der Waals surface area contributed by atoms with Crippen molar-refractivity contribution in [3.05, 3.63) is 57.4 Å². The maximum absolute atomic E-state index is 12.4. The van der Waals surface area contributed by atoms with Gasteiger partial charge in [-0.1, -0.05) is 0 Å². The predicted molar refractivity (Wildman–Crippen MR) is 83.8 cm³/mol. The van der Waals surface area contributed by atoms with Gasteiger partial charge in [0.05, 0.1) is 6.26 Å². The molecule has 120 valence electrons. The third-order valence-electron chi connectivity index (χ3n) is 3.92. The third-order valence-corrected chi connectivity index (χ3v) is 3.92. The topological polar surface area (TPSA) is 92.2 Å². The lowest BCUT2D eigenvalue weighted by Crippen LogP contribution is -2.35. The lowest BCUT2D eigenvalue weighted by atomic mass is 9.84. The fraction of sp³-hybridized carbons (Fsp3) is 0.353. The van der Waals surface area contributed by atoms with Crippen LogP contribution in [0.5, 0.6) is 0 Å². The molecule has 0 aliphatic heterocycles. The van der Waals surface area contributed by atoms with Crippen LogP contribution in [0.25, 0.3) is 0 Å². The van der Waals surface area contributed by atoms with Gasteiger partial charge in [0.2, 0.25) is 0 Å². The molecule has 2 N–H and O–H groups in total. The monoisotopic (exact) mass is 314 g/mol. The average molecular weight is 314 g/mol. The third kappa shape index (κ3) is 2.97. The molecule has 1 aliphatic carbocycles. The van der Waals surface area contributed by atoms with Crippen molar-refractivity contribution in [2.45, 2.75) is 38.6 Å². The van der Waals surface area contributed by atoms with Crippen molar-refractivity contribution in [2.24, 2.45) is 0 Å². The summed E-state index contributed by atoms with van der Waals surface area (Å²) in [6.07, 6.45) is 2.38. The highest BCUT2D eigenvalue weighted by molar-refractivity contribution is 6.02. The van der Waals surface area contributed by atoms with Gasteiger partial charge < -0.3 is 14.7 Å². The Bertz CT molecular complexity index is 802. The van der Waals surface area contributed by atoms with Gasteiger partial charge in [0.15, 0.2) is 5.78 Å². The number of Topliss-reactive ketones (excluding diaryl/α,β-unsaturated/α-hetero) is 1. The molecule has 2 heterocycles. The first-order chi connectivity index (χ1) is 11.0. The minimum absolute atomic E-state index is 0.0257. The Kier molecular flexibility index (Phi) is 3.90. The van der Waals surface area contributed by atoms with Crippen molar-refractivity contribution in [3.8, 4) is 0 Å². The normalized spacial score (nSPS) is 17.2. The van der Waals surface area contributed by atoms with Crippen LogP contribution in [0, 0.1) is 0 Å². The lowest BCUT2D eigenvalue weighted by molar-refractivity contribution is 0.0941. The van der Waals surface area contributed by atoms with E-state index in [4.69, 9.17) is 4.42 Å². The molecule has 2 aromatic rings. The van der Waals surface area contributed by atoms with E-state index in [1.54, 1.807) is 12.3 Å². The summed E-state index contributed by atoms with van der Waals surface area (Å²) in [4.78, 5) is 39.3. The van der Waals surface area contributed by atoms with E-state index in [-0.39, 0.29) is 23.3 Å². The van der Waals surface area contributed by atoms with Gasteiger partial charge in [-0.15, -0.1) is 0 Å². The van der Waals surface area contributed by atoms with Gasteiger partial charge in [-0.2, -0.15) is 0 Å². The van der Waals surface area contributed by atoms with Crippen LogP contribution in [0.1, 0.15) is 58.4 Å². The number of hydrogen-bond acceptors (Lipinski definition) is 4. The standard InChI is InChI=1S/C17H18N2O4/c1-9(2)18-16(21)12-8-11-13(19-17(12)22)6-10(7-14(11)20)15-4-3-5-23-15/h3-5,8-10H,6-7H2,1-2H3,(H,18,21)(H,19,22)/t10-/m0/s1. The zero-order valence-electron chi connectivity index (χ0n) is 13.0.